The van der Waals surface area contributed by atoms with Gasteiger partial charge in [0.2, 0.25) is 0 Å². The smallest absolute Gasteiger partial charge is 0.0905 e. The van der Waals surface area contributed by atoms with Crippen LogP contribution in [0.4, 0.5) is 0 Å². The van der Waals surface area contributed by atoms with Crippen LogP contribution in [0.1, 0.15) is 39.0 Å². The van der Waals surface area contributed by atoms with Gasteiger partial charge in [-0.25, -0.2) is 0 Å². The molecule has 0 radical (unpaired) electrons. The van der Waals surface area contributed by atoms with Gasteiger partial charge in [0.05, 0.1) is 24.4 Å². The van der Waals surface area contributed by atoms with E-state index in [0.717, 1.165) is 32.3 Å². The molecule has 3 atom stereocenters. The molecule has 0 aromatic carbocycles. The maximum atomic E-state index is 10.1. The summed E-state index contributed by atoms with van der Waals surface area (Å²) in [5.74, 6) is 0. The molecule has 0 bridgehead atoms. The van der Waals surface area contributed by atoms with Crippen LogP contribution < -0.4 is 0 Å². The highest BCUT2D eigenvalue weighted by molar-refractivity contribution is 4.87. The molecule has 2 rings (SSSR count). The quantitative estimate of drug-likeness (QED) is 0.750. The minimum atomic E-state index is -0.578. The first-order valence-electron chi connectivity index (χ1n) is 5.64. The van der Waals surface area contributed by atoms with E-state index in [9.17, 15) is 5.11 Å². The molecule has 0 saturated carbocycles. The highest BCUT2D eigenvalue weighted by Gasteiger charge is 2.36. The fraction of sp³-hybridized carbons (Fsp3) is 1.00. The molecule has 3 heteroatoms. The van der Waals surface area contributed by atoms with Crippen molar-refractivity contribution in [2.45, 2.75) is 56.8 Å². The van der Waals surface area contributed by atoms with E-state index in [0.29, 0.717) is 12.7 Å². The van der Waals surface area contributed by atoms with E-state index in [1.54, 1.807) is 0 Å². The first-order chi connectivity index (χ1) is 6.68. The average Bonchev–Trinajstić information content (AvgIpc) is 2.73. The molecule has 0 aromatic rings. The summed E-state index contributed by atoms with van der Waals surface area (Å²) in [5, 5.41) is 10.1. The van der Waals surface area contributed by atoms with Gasteiger partial charge in [0.15, 0.2) is 0 Å². The molecule has 0 spiro atoms. The number of hydrogen-bond acceptors (Lipinski definition) is 3. The van der Waals surface area contributed by atoms with Crippen molar-refractivity contribution >= 4 is 0 Å². The van der Waals surface area contributed by atoms with Crippen molar-refractivity contribution < 1.29 is 14.6 Å². The first-order valence-corrected chi connectivity index (χ1v) is 5.64. The van der Waals surface area contributed by atoms with Gasteiger partial charge in [-0.1, -0.05) is 0 Å². The molecule has 82 valence electrons. The van der Waals surface area contributed by atoms with Crippen molar-refractivity contribution in [1.82, 2.24) is 0 Å². The van der Waals surface area contributed by atoms with Crippen molar-refractivity contribution in [2.75, 3.05) is 13.2 Å². The Morgan fingerprint density at radius 3 is 2.86 bits per heavy atom. The topological polar surface area (TPSA) is 38.7 Å². The van der Waals surface area contributed by atoms with Crippen LogP contribution in [-0.4, -0.2) is 36.1 Å². The Balaban J connectivity index is 1.73. The number of ether oxygens (including phenoxy) is 2. The molecule has 2 aliphatic heterocycles. The lowest BCUT2D eigenvalue weighted by Gasteiger charge is -2.22. The lowest BCUT2D eigenvalue weighted by atomic mass is 9.93. The summed E-state index contributed by atoms with van der Waals surface area (Å²) < 4.78 is 10.9. The minimum absolute atomic E-state index is 0.212. The molecule has 3 nitrogen and oxygen atoms in total. The first kappa shape index (κ1) is 10.4. The SMILES string of the molecule is CC1CC(O)(CCC2CCCO2)CO1. The molecular weight excluding hydrogens is 180 g/mol. The zero-order valence-corrected chi connectivity index (χ0v) is 8.87. The van der Waals surface area contributed by atoms with Crippen LogP contribution in [0, 0.1) is 0 Å². The monoisotopic (exact) mass is 200 g/mol. The standard InChI is InChI=1S/C11H20O3/c1-9-7-11(12,8-14-9)5-4-10-3-2-6-13-10/h9-10,12H,2-8H2,1H3. The van der Waals surface area contributed by atoms with Crippen molar-refractivity contribution in [2.24, 2.45) is 0 Å². The second-order valence-corrected chi connectivity index (χ2v) is 4.72. The van der Waals surface area contributed by atoms with E-state index in [4.69, 9.17) is 9.47 Å². The molecule has 2 saturated heterocycles. The predicted molar refractivity (Wildman–Crippen MR) is 53.2 cm³/mol. The largest absolute Gasteiger partial charge is 0.387 e. The molecule has 2 fully saturated rings. The van der Waals surface area contributed by atoms with Gasteiger partial charge in [-0.05, 0) is 32.6 Å². The van der Waals surface area contributed by atoms with Crippen LogP contribution >= 0.6 is 0 Å². The van der Waals surface area contributed by atoms with Gasteiger partial charge in [0.25, 0.3) is 0 Å². The zero-order valence-electron chi connectivity index (χ0n) is 8.87. The molecule has 14 heavy (non-hydrogen) atoms. The molecule has 0 aromatic heterocycles. The van der Waals surface area contributed by atoms with Gasteiger partial charge in [0, 0.05) is 13.0 Å². The third kappa shape index (κ3) is 2.47. The number of aliphatic hydroxyl groups is 1. The molecule has 1 N–H and O–H groups in total. The Labute approximate surface area is 85.4 Å². The highest BCUT2D eigenvalue weighted by atomic mass is 16.5. The van der Waals surface area contributed by atoms with E-state index < -0.39 is 5.60 Å². The van der Waals surface area contributed by atoms with Crippen molar-refractivity contribution in [3.05, 3.63) is 0 Å². The predicted octanol–water partition coefficient (Wildman–Crippen LogP) is 1.49. The van der Waals surface area contributed by atoms with Crippen molar-refractivity contribution in [3.8, 4) is 0 Å². The van der Waals surface area contributed by atoms with Gasteiger partial charge in [-0.15, -0.1) is 0 Å². The second-order valence-electron chi connectivity index (χ2n) is 4.72. The van der Waals surface area contributed by atoms with E-state index in [1.165, 1.54) is 6.42 Å². The van der Waals surface area contributed by atoms with Crippen LogP contribution in [0.2, 0.25) is 0 Å². The highest BCUT2D eigenvalue weighted by Crippen LogP contribution is 2.30. The molecule has 0 amide bonds. The van der Waals surface area contributed by atoms with Crippen molar-refractivity contribution in [3.63, 3.8) is 0 Å². The summed E-state index contributed by atoms with van der Waals surface area (Å²) in [6.07, 6.45) is 5.51. The Morgan fingerprint density at radius 1 is 1.43 bits per heavy atom. The fourth-order valence-electron chi connectivity index (χ4n) is 2.43. The van der Waals surface area contributed by atoms with Gasteiger partial charge >= 0.3 is 0 Å². The summed E-state index contributed by atoms with van der Waals surface area (Å²) >= 11 is 0. The summed E-state index contributed by atoms with van der Waals surface area (Å²) in [6, 6.07) is 0. The zero-order chi connectivity index (χ0) is 10.0. The summed E-state index contributed by atoms with van der Waals surface area (Å²) in [7, 11) is 0. The van der Waals surface area contributed by atoms with Crippen LogP contribution in [0.15, 0.2) is 0 Å². The normalized spacial score (nSPS) is 43.3. The number of rotatable bonds is 3. The third-order valence-electron chi connectivity index (χ3n) is 3.26. The molecule has 3 unspecified atom stereocenters. The van der Waals surface area contributed by atoms with Gasteiger partial charge in [0.1, 0.15) is 0 Å². The van der Waals surface area contributed by atoms with E-state index in [2.05, 4.69) is 0 Å². The van der Waals surface area contributed by atoms with Gasteiger partial charge in [-0.2, -0.15) is 0 Å². The minimum Gasteiger partial charge on any atom is -0.387 e. The lowest BCUT2D eigenvalue weighted by Crippen LogP contribution is -2.30. The fourth-order valence-corrected chi connectivity index (χ4v) is 2.43. The average molecular weight is 200 g/mol. The summed E-state index contributed by atoms with van der Waals surface area (Å²) in [6.45, 7) is 3.42. The van der Waals surface area contributed by atoms with E-state index >= 15 is 0 Å². The Kier molecular flexibility index (Phi) is 3.10. The van der Waals surface area contributed by atoms with Gasteiger partial charge < -0.3 is 14.6 Å². The molecule has 2 heterocycles. The lowest BCUT2D eigenvalue weighted by molar-refractivity contribution is 0.000549. The molecule has 0 aliphatic carbocycles. The van der Waals surface area contributed by atoms with Crippen LogP contribution in [0.25, 0.3) is 0 Å². The van der Waals surface area contributed by atoms with Crippen LogP contribution in [-0.2, 0) is 9.47 Å². The maximum absolute atomic E-state index is 10.1. The van der Waals surface area contributed by atoms with Crippen LogP contribution in [0.3, 0.4) is 0 Å². The van der Waals surface area contributed by atoms with Crippen molar-refractivity contribution in [1.29, 1.82) is 0 Å². The van der Waals surface area contributed by atoms with Crippen LogP contribution in [0.5, 0.6) is 0 Å². The third-order valence-corrected chi connectivity index (χ3v) is 3.26. The second kappa shape index (κ2) is 4.17. The summed E-state index contributed by atoms with van der Waals surface area (Å²) in [4.78, 5) is 0. The molecular formula is C11H20O3. The van der Waals surface area contributed by atoms with E-state index in [1.807, 2.05) is 6.92 Å². The Bertz CT molecular complexity index is 189. The molecule has 2 aliphatic rings. The maximum Gasteiger partial charge on any atom is 0.0905 e. The number of hydrogen-bond donors (Lipinski definition) is 1. The van der Waals surface area contributed by atoms with Gasteiger partial charge in [-0.3, -0.25) is 0 Å². The van der Waals surface area contributed by atoms with E-state index in [-0.39, 0.29) is 6.10 Å². The Morgan fingerprint density at radius 2 is 2.29 bits per heavy atom. The summed E-state index contributed by atoms with van der Waals surface area (Å²) in [5.41, 5.74) is -0.578. The Hall–Kier alpha value is -0.120.